The molecule has 0 spiro atoms. The van der Waals surface area contributed by atoms with Crippen molar-refractivity contribution in [2.75, 3.05) is 19.1 Å². The predicted molar refractivity (Wildman–Crippen MR) is 83.0 cm³/mol. The van der Waals surface area contributed by atoms with E-state index in [0.29, 0.717) is 12.5 Å². The van der Waals surface area contributed by atoms with Crippen molar-refractivity contribution in [1.29, 1.82) is 0 Å². The third-order valence-electron chi connectivity index (χ3n) is 3.59. The second kappa shape index (κ2) is 5.42. The molecule has 20 heavy (non-hydrogen) atoms. The number of hydrogen-bond donors (Lipinski definition) is 1. The number of nitrogens with zero attached hydrogens (tertiary/aromatic N) is 2. The Bertz CT molecular complexity index is 607. The first kappa shape index (κ1) is 13.4. The molecule has 0 radical (unpaired) electrons. The summed E-state index contributed by atoms with van der Waals surface area (Å²) in [5.74, 6) is 1.49. The van der Waals surface area contributed by atoms with Gasteiger partial charge in [-0.2, -0.15) is 0 Å². The molecule has 3 rings (SSSR count). The lowest BCUT2D eigenvalue weighted by atomic mass is 10.2. The van der Waals surface area contributed by atoms with Gasteiger partial charge >= 0.3 is 0 Å². The second-order valence-corrected chi connectivity index (χ2v) is 6.11. The first-order valence-electron chi connectivity index (χ1n) is 6.80. The zero-order valence-corrected chi connectivity index (χ0v) is 12.6. The standard InChI is InChI=1S/C15H19N3OS/c1-18(11-4-3-5-12(8-11)19-2)15-17-14(10-6-7-10)13(9-16)20-15/h3-5,8,10H,6-7,9,16H2,1-2H3. The van der Waals surface area contributed by atoms with Crippen LogP contribution in [-0.2, 0) is 6.54 Å². The van der Waals surface area contributed by atoms with Crippen molar-refractivity contribution in [3.05, 3.63) is 34.8 Å². The van der Waals surface area contributed by atoms with Crippen molar-refractivity contribution >= 4 is 22.2 Å². The van der Waals surface area contributed by atoms with E-state index >= 15 is 0 Å². The van der Waals surface area contributed by atoms with Crippen LogP contribution in [0.2, 0.25) is 0 Å². The van der Waals surface area contributed by atoms with Gasteiger partial charge in [0, 0.05) is 36.1 Å². The molecule has 1 aromatic carbocycles. The highest BCUT2D eigenvalue weighted by molar-refractivity contribution is 7.15. The second-order valence-electron chi connectivity index (χ2n) is 5.04. The van der Waals surface area contributed by atoms with E-state index in [1.165, 1.54) is 23.4 Å². The van der Waals surface area contributed by atoms with Crippen LogP contribution in [0.25, 0.3) is 0 Å². The van der Waals surface area contributed by atoms with Gasteiger partial charge < -0.3 is 15.4 Å². The minimum atomic E-state index is 0.579. The molecule has 0 unspecified atom stereocenters. The molecule has 0 atom stereocenters. The maximum atomic E-state index is 5.85. The largest absolute Gasteiger partial charge is 0.497 e. The van der Waals surface area contributed by atoms with E-state index in [9.17, 15) is 0 Å². The van der Waals surface area contributed by atoms with Crippen molar-refractivity contribution in [3.8, 4) is 5.75 Å². The summed E-state index contributed by atoms with van der Waals surface area (Å²) in [6.45, 7) is 0.579. The first-order chi connectivity index (χ1) is 9.72. The summed E-state index contributed by atoms with van der Waals surface area (Å²) >= 11 is 1.69. The summed E-state index contributed by atoms with van der Waals surface area (Å²) in [4.78, 5) is 8.11. The predicted octanol–water partition coefficient (Wildman–Crippen LogP) is 3.26. The average molecular weight is 289 g/mol. The van der Waals surface area contributed by atoms with Crippen LogP contribution < -0.4 is 15.4 Å². The minimum Gasteiger partial charge on any atom is -0.497 e. The average Bonchev–Trinajstić information content (AvgIpc) is 3.25. The van der Waals surface area contributed by atoms with Crippen molar-refractivity contribution in [1.82, 2.24) is 4.98 Å². The van der Waals surface area contributed by atoms with Gasteiger partial charge in [-0.1, -0.05) is 17.4 Å². The van der Waals surface area contributed by atoms with Gasteiger partial charge in [0.25, 0.3) is 0 Å². The smallest absolute Gasteiger partial charge is 0.190 e. The molecule has 0 saturated heterocycles. The van der Waals surface area contributed by atoms with Gasteiger partial charge in [0.1, 0.15) is 5.75 Å². The summed E-state index contributed by atoms with van der Waals surface area (Å²) in [6.07, 6.45) is 2.50. The Hall–Kier alpha value is -1.59. The number of thiazole rings is 1. The lowest BCUT2D eigenvalue weighted by molar-refractivity contribution is 0.415. The minimum absolute atomic E-state index is 0.579. The van der Waals surface area contributed by atoms with Crippen molar-refractivity contribution < 1.29 is 4.74 Å². The van der Waals surface area contributed by atoms with Crippen LogP contribution in [0.5, 0.6) is 5.75 Å². The van der Waals surface area contributed by atoms with Gasteiger partial charge in [0.05, 0.1) is 12.8 Å². The summed E-state index contributed by atoms with van der Waals surface area (Å²) in [5.41, 5.74) is 8.13. The van der Waals surface area contributed by atoms with Gasteiger partial charge in [0.15, 0.2) is 5.13 Å². The number of ether oxygens (including phenoxy) is 1. The summed E-state index contributed by atoms with van der Waals surface area (Å²) in [7, 11) is 3.71. The molecule has 2 N–H and O–H groups in total. The monoisotopic (exact) mass is 289 g/mol. The fourth-order valence-electron chi connectivity index (χ4n) is 2.25. The van der Waals surface area contributed by atoms with E-state index in [2.05, 4.69) is 11.0 Å². The highest BCUT2D eigenvalue weighted by Gasteiger charge is 2.29. The molecule has 4 nitrogen and oxygen atoms in total. The Morgan fingerprint density at radius 3 is 2.90 bits per heavy atom. The lowest BCUT2D eigenvalue weighted by Crippen LogP contribution is -2.09. The van der Waals surface area contributed by atoms with Gasteiger partial charge in [-0.15, -0.1) is 0 Å². The third-order valence-corrected chi connectivity index (χ3v) is 4.76. The number of benzene rings is 1. The van der Waals surface area contributed by atoms with Crippen LogP contribution in [0.4, 0.5) is 10.8 Å². The molecule has 1 aromatic heterocycles. The summed E-state index contributed by atoms with van der Waals surface area (Å²) in [5, 5.41) is 1.00. The SMILES string of the molecule is COc1cccc(N(C)c2nc(C3CC3)c(CN)s2)c1. The van der Waals surface area contributed by atoms with E-state index in [4.69, 9.17) is 15.5 Å². The molecule has 5 heteroatoms. The fraction of sp³-hybridized carbons (Fsp3) is 0.400. The van der Waals surface area contributed by atoms with E-state index in [1.807, 2.05) is 25.2 Å². The Morgan fingerprint density at radius 1 is 1.45 bits per heavy atom. The maximum Gasteiger partial charge on any atom is 0.190 e. The maximum absolute atomic E-state index is 5.85. The van der Waals surface area contributed by atoms with Crippen LogP contribution in [-0.4, -0.2) is 19.1 Å². The Kier molecular flexibility index (Phi) is 3.63. The van der Waals surface area contributed by atoms with E-state index in [-0.39, 0.29) is 0 Å². The molecule has 1 heterocycles. The number of rotatable bonds is 5. The van der Waals surface area contributed by atoms with Gasteiger partial charge in [-0.25, -0.2) is 4.98 Å². The van der Waals surface area contributed by atoms with E-state index in [1.54, 1.807) is 18.4 Å². The zero-order valence-electron chi connectivity index (χ0n) is 11.8. The van der Waals surface area contributed by atoms with E-state index < -0.39 is 0 Å². The zero-order chi connectivity index (χ0) is 14.1. The van der Waals surface area contributed by atoms with Crippen LogP contribution in [0.1, 0.15) is 29.3 Å². The van der Waals surface area contributed by atoms with Crippen LogP contribution in [0.3, 0.4) is 0 Å². The molecule has 1 aliphatic carbocycles. The first-order valence-corrected chi connectivity index (χ1v) is 7.62. The molecule has 1 fully saturated rings. The molecular weight excluding hydrogens is 270 g/mol. The number of nitrogens with two attached hydrogens (primary N) is 1. The lowest BCUT2D eigenvalue weighted by Gasteiger charge is -2.16. The van der Waals surface area contributed by atoms with Gasteiger partial charge in [0.2, 0.25) is 0 Å². The molecule has 106 valence electrons. The number of methoxy groups -OCH3 is 1. The third kappa shape index (κ3) is 2.51. The van der Waals surface area contributed by atoms with E-state index in [0.717, 1.165) is 16.6 Å². The Labute approximate surface area is 123 Å². The molecular formula is C15H19N3OS. The number of hydrogen-bond acceptors (Lipinski definition) is 5. The number of aromatic nitrogens is 1. The molecule has 1 saturated carbocycles. The van der Waals surface area contributed by atoms with Crippen molar-refractivity contribution in [3.63, 3.8) is 0 Å². The quantitative estimate of drug-likeness (QED) is 0.918. The van der Waals surface area contributed by atoms with Crippen LogP contribution in [0.15, 0.2) is 24.3 Å². The number of anilines is 2. The van der Waals surface area contributed by atoms with Crippen molar-refractivity contribution in [2.45, 2.75) is 25.3 Å². The highest BCUT2D eigenvalue weighted by atomic mass is 32.1. The van der Waals surface area contributed by atoms with Gasteiger partial charge in [-0.05, 0) is 25.0 Å². The fourth-order valence-corrected chi connectivity index (χ4v) is 3.25. The topological polar surface area (TPSA) is 51.4 Å². The molecule has 2 aromatic rings. The normalized spacial score (nSPS) is 14.3. The molecule has 0 bridgehead atoms. The van der Waals surface area contributed by atoms with Crippen molar-refractivity contribution in [2.24, 2.45) is 5.73 Å². The molecule has 0 aliphatic heterocycles. The van der Waals surface area contributed by atoms with Gasteiger partial charge in [-0.3, -0.25) is 0 Å². The Morgan fingerprint density at radius 2 is 2.25 bits per heavy atom. The highest BCUT2D eigenvalue weighted by Crippen LogP contribution is 2.44. The summed E-state index contributed by atoms with van der Waals surface area (Å²) in [6, 6.07) is 8.01. The van der Waals surface area contributed by atoms with Crippen LogP contribution >= 0.6 is 11.3 Å². The molecule has 0 amide bonds. The summed E-state index contributed by atoms with van der Waals surface area (Å²) < 4.78 is 5.28. The molecule has 1 aliphatic rings. The Balaban J connectivity index is 1.91. The van der Waals surface area contributed by atoms with Crippen LogP contribution in [0, 0.1) is 0 Å².